The lowest BCUT2D eigenvalue weighted by molar-refractivity contribution is 0.641. The summed E-state index contributed by atoms with van der Waals surface area (Å²) in [5.74, 6) is -1.30. The van der Waals surface area contributed by atoms with Gasteiger partial charge in [-0.2, -0.15) is 0 Å². The average Bonchev–Trinajstić information content (AvgIpc) is 1.98. The van der Waals surface area contributed by atoms with E-state index in [9.17, 15) is 4.39 Å². The molecule has 4 nitrogen and oxygen atoms in total. The number of hydrogen-bond acceptors (Lipinski definition) is 2. The smallest absolute Gasteiger partial charge is 0.183 e. The number of nitrogens with two attached hydrogens (primary N) is 1. The molecule has 0 heterocycles. The van der Waals surface area contributed by atoms with Crippen LogP contribution in [0.5, 0.6) is 0 Å². The van der Waals surface area contributed by atoms with Crippen LogP contribution in [0.15, 0.2) is 17.0 Å². The predicted octanol–water partition coefficient (Wildman–Crippen LogP) is 0.323. The predicted molar refractivity (Wildman–Crippen MR) is 43.3 cm³/mol. The molecule has 0 saturated carbocycles. The second-order valence-corrected chi connectivity index (χ2v) is 2.07. The summed E-state index contributed by atoms with van der Waals surface area (Å²) in [6, 6.07) is 0. The Morgan fingerprint density at radius 3 is 2.55 bits per heavy atom. The lowest BCUT2D eigenvalue weighted by atomic mass is 10.5. The van der Waals surface area contributed by atoms with E-state index in [1.54, 1.807) is 19.0 Å². The van der Waals surface area contributed by atoms with E-state index in [0.29, 0.717) is 6.20 Å². The number of rotatable bonds is 2. The molecule has 0 aliphatic carbocycles. The van der Waals surface area contributed by atoms with Gasteiger partial charge >= 0.3 is 0 Å². The number of nitrogens with zero attached hydrogens (tertiary/aromatic N) is 2. The summed E-state index contributed by atoms with van der Waals surface area (Å²) >= 11 is 0. The van der Waals surface area contributed by atoms with Gasteiger partial charge in [0.1, 0.15) is 0 Å². The third-order valence-electron chi connectivity index (χ3n) is 0.790. The highest BCUT2D eigenvalue weighted by Crippen LogP contribution is 1.95. The minimum absolute atomic E-state index is 0.471. The molecule has 0 aromatic carbocycles. The van der Waals surface area contributed by atoms with Gasteiger partial charge in [0.25, 0.3) is 0 Å². The fraction of sp³-hybridized carbons (Fsp3) is 0.333. The van der Waals surface area contributed by atoms with Gasteiger partial charge in [-0.1, -0.05) is 0 Å². The molecule has 0 unspecified atom stereocenters. The van der Waals surface area contributed by atoms with Gasteiger partial charge < -0.3 is 10.6 Å². The van der Waals surface area contributed by atoms with Crippen molar-refractivity contribution in [1.82, 2.24) is 4.90 Å². The van der Waals surface area contributed by atoms with E-state index < -0.39 is 11.7 Å². The quantitative estimate of drug-likeness (QED) is 0.449. The molecule has 0 bridgehead atoms. The van der Waals surface area contributed by atoms with Crippen molar-refractivity contribution in [2.45, 2.75) is 0 Å². The van der Waals surface area contributed by atoms with Crippen LogP contribution in [0.2, 0.25) is 0 Å². The zero-order valence-electron chi connectivity index (χ0n) is 6.50. The van der Waals surface area contributed by atoms with Crippen LogP contribution in [0.25, 0.3) is 0 Å². The lowest BCUT2D eigenvalue weighted by Crippen LogP contribution is -2.09. The van der Waals surface area contributed by atoms with Crippen LogP contribution in [-0.4, -0.2) is 31.2 Å². The summed E-state index contributed by atoms with van der Waals surface area (Å²) in [4.78, 5) is 5.05. The van der Waals surface area contributed by atoms with Crippen LogP contribution in [-0.2, 0) is 0 Å². The Kier molecular flexibility index (Phi) is 3.87. The number of hydrogen-bond donors (Lipinski definition) is 2. The molecule has 0 spiro atoms. The van der Waals surface area contributed by atoms with E-state index in [1.807, 2.05) is 0 Å². The fourth-order valence-corrected chi connectivity index (χ4v) is 0.314. The molecule has 62 valence electrons. The number of amidine groups is 1. The van der Waals surface area contributed by atoms with E-state index in [2.05, 4.69) is 4.99 Å². The largest absolute Gasteiger partial charge is 0.402 e. The first-order chi connectivity index (χ1) is 5.07. The van der Waals surface area contributed by atoms with Crippen molar-refractivity contribution in [3.63, 3.8) is 0 Å². The molecule has 0 amide bonds. The fourth-order valence-electron chi connectivity index (χ4n) is 0.314. The Hall–Kier alpha value is -1.39. The molecule has 0 atom stereocenters. The highest BCUT2D eigenvalue weighted by molar-refractivity contribution is 5.98. The van der Waals surface area contributed by atoms with Crippen LogP contribution < -0.4 is 5.73 Å². The minimum atomic E-state index is -0.830. The summed E-state index contributed by atoms with van der Waals surface area (Å²) in [5.41, 5.74) is 4.81. The summed E-state index contributed by atoms with van der Waals surface area (Å²) in [6.07, 6.45) is 2.03. The first-order valence-corrected chi connectivity index (χ1v) is 2.95. The van der Waals surface area contributed by atoms with Crippen molar-refractivity contribution < 1.29 is 4.39 Å². The first-order valence-electron chi connectivity index (χ1n) is 2.95. The van der Waals surface area contributed by atoms with Crippen LogP contribution in [0, 0.1) is 5.41 Å². The molecule has 0 saturated heterocycles. The van der Waals surface area contributed by atoms with Crippen LogP contribution in [0.3, 0.4) is 0 Å². The Morgan fingerprint density at radius 1 is 1.64 bits per heavy atom. The molecule has 0 rings (SSSR count). The Bertz CT molecular complexity index is 195. The third kappa shape index (κ3) is 4.07. The molecule has 0 aliphatic rings. The minimum Gasteiger partial charge on any atom is -0.402 e. The maximum absolute atomic E-state index is 12.4. The highest BCUT2D eigenvalue weighted by Gasteiger charge is 1.98. The van der Waals surface area contributed by atoms with Gasteiger partial charge in [-0.05, 0) is 0 Å². The molecule has 3 N–H and O–H groups in total. The van der Waals surface area contributed by atoms with Crippen LogP contribution in [0.4, 0.5) is 4.39 Å². The highest BCUT2D eigenvalue weighted by atomic mass is 19.1. The molecule has 0 radical (unpaired) electrons. The molecule has 11 heavy (non-hydrogen) atoms. The number of nitrogens with one attached hydrogen (secondary N) is 1. The number of halogens is 1. The maximum Gasteiger partial charge on any atom is 0.183 e. The van der Waals surface area contributed by atoms with Crippen molar-refractivity contribution in [3.05, 3.63) is 12.0 Å². The zero-order valence-corrected chi connectivity index (χ0v) is 6.50. The topological polar surface area (TPSA) is 65.5 Å². The lowest BCUT2D eigenvalue weighted by Gasteiger charge is -2.01. The SMILES string of the molecule is CN(C)/C=N/C(=N)/C(F)=C\N. The first kappa shape index (κ1) is 9.61. The van der Waals surface area contributed by atoms with Crippen LogP contribution in [0.1, 0.15) is 0 Å². The monoisotopic (exact) mass is 158 g/mol. The molecule has 0 fully saturated rings. The molecule has 0 aliphatic heterocycles. The normalized spacial score (nSPS) is 12.1. The average molecular weight is 158 g/mol. The van der Waals surface area contributed by atoms with E-state index >= 15 is 0 Å². The van der Waals surface area contributed by atoms with Crippen molar-refractivity contribution in [3.8, 4) is 0 Å². The van der Waals surface area contributed by atoms with E-state index in [1.165, 1.54) is 6.34 Å². The van der Waals surface area contributed by atoms with Crippen molar-refractivity contribution in [2.75, 3.05) is 14.1 Å². The summed E-state index contributed by atoms with van der Waals surface area (Å²) in [7, 11) is 3.45. The van der Waals surface area contributed by atoms with Gasteiger partial charge in [-0.15, -0.1) is 0 Å². The summed E-state index contributed by atoms with van der Waals surface area (Å²) in [6.45, 7) is 0. The molecule has 0 aromatic rings. The maximum atomic E-state index is 12.4. The second-order valence-electron chi connectivity index (χ2n) is 2.07. The Labute approximate surface area is 64.7 Å². The Morgan fingerprint density at radius 2 is 2.18 bits per heavy atom. The van der Waals surface area contributed by atoms with E-state index in [4.69, 9.17) is 11.1 Å². The molecular formula is C6H11FN4. The summed E-state index contributed by atoms with van der Waals surface area (Å²) < 4.78 is 12.4. The molecular weight excluding hydrogens is 147 g/mol. The van der Waals surface area contributed by atoms with E-state index in [0.717, 1.165) is 0 Å². The van der Waals surface area contributed by atoms with Crippen molar-refractivity contribution in [1.29, 1.82) is 5.41 Å². The number of aliphatic imine (C=N–C) groups is 1. The molecule has 0 aromatic heterocycles. The van der Waals surface area contributed by atoms with Crippen molar-refractivity contribution in [2.24, 2.45) is 10.7 Å². The van der Waals surface area contributed by atoms with Gasteiger partial charge in [0.2, 0.25) is 0 Å². The third-order valence-corrected chi connectivity index (χ3v) is 0.790. The van der Waals surface area contributed by atoms with Gasteiger partial charge in [0.15, 0.2) is 11.7 Å². The standard InChI is InChI=1S/C6H11FN4/c1-11(2)4-10-6(9)5(7)3-8/h3-4,9H,8H2,1-2H3/b5-3+,9-6?,10-4+. The van der Waals surface area contributed by atoms with Gasteiger partial charge in [-0.25, -0.2) is 9.38 Å². The van der Waals surface area contributed by atoms with E-state index in [-0.39, 0.29) is 0 Å². The summed E-state index contributed by atoms with van der Waals surface area (Å²) in [5, 5.41) is 6.94. The van der Waals surface area contributed by atoms with Crippen LogP contribution >= 0.6 is 0 Å². The van der Waals surface area contributed by atoms with Gasteiger partial charge in [0, 0.05) is 20.3 Å². The van der Waals surface area contributed by atoms with Gasteiger partial charge in [-0.3, -0.25) is 5.41 Å². The van der Waals surface area contributed by atoms with Gasteiger partial charge in [0.05, 0.1) is 6.34 Å². The van der Waals surface area contributed by atoms with Crippen molar-refractivity contribution >= 4 is 12.2 Å². The Balaban J connectivity index is 4.08. The molecule has 5 heteroatoms. The zero-order chi connectivity index (χ0) is 8.85. The second kappa shape index (κ2) is 4.43.